The highest BCUT2D eigenvalue weighted by molar-refractivity contribution is 6.74. The molecule has 0 spiro atoms. The van der Waals surface area contributed by atoms with E-state index in [0.29, 0.717) is 6.54 Å². The Labute approximate surface area is 108 Å². The smallest absolute Gasteiger partial charge is 0.192 e. The molecule has 0 aromatic rings. The first-order valence-corrected chi connectivity index (χ1v) is 9.77. The lowest BCUT2D eigenvalue weighted by Gasteiger charge is -2.39. The van der Waals surface area contributed by atoms with Gasteiger partial charge in [0.15, 0.2) is 8.32 Å². The van der Waals surface area contributed by atoms with E-state index in [1.807, 2.05) is 0 Å². The average Bonchev–Trinajstić information content (AvgIpc) is 2.67. The summed E-state index contributed by atoms with van der Waals surface area (Å²) in [4.78, 5) is 2.49. The van der Waals surface area contributed by atoms with Crippen LogP contribution in [-0.2, 0) is 4.43 Å². The van der Waals surface area contributed by atoms with E-state index in [1.165, 1.54) is 25.9 Å². The largest absolute Gasteiger partial charge is 0.411 e. The molecule has 0 radical (unpaired) electrons. The zero-order chi connectivity index (χ0) is 13.1. The third-order valence-electron chi connectivity index (χ3n) is 4.19. The summed E-state index contributed by atoms with van der Waals surface area (Å²) in [7, 11) is -1.67. The Balaban J connectivity index is 2.50. The summed E-state index contributed by atoms with van der Waals surface area (Å²) in [5, 5.41) is 0.269. The summed E-state index contributed by atoms with van der Waals surface area (Å²) in [6, 6.07) is 0. The minimum Gasteiger partial charge on any atom is -0.411 e. The van der Waals surface area contributed by atoms with Crippen molar-refractivity contribution < 1.29 is 4.43 Å². The molecule has 0 amide bonds. The zero-order valence-electron chi connectivity index (χ0n) is 12.3. The molecule has 1 rings (SSSR count). The summed E-state index contributed by atoms with van der Waals surface area (Å²) >= 11 is 0. The molecule has 3 nitrogen and oxygen atoms in total. The predicted octanol–water partition coefficient (Wildman–Crippen LogP) is 2.43. The Kier molecular flexibility index (Phi) is 5.19. The molecule has 0 aliphatic carbocycles. The van der Waals surface area contributed by atoms with Gasteiger partial charge in [0.1, 0.15) is 0 Å². The maximum absolute atomic E-state index is 6.39. The van der Waals surface area contributed by atoms with Gasteiger partial charge in [-0.15, -0.1) is 0 Å². The second-order valence-electron chi connectivity index (χ2n) is 6.74. The molecule has 1 aliphatic heterocycles. The number of nitrogens with zero attached hydrogens (tertiary/aromatic N) is 1. The Morgan fingerprint density at radius 1 is 1.24 bits per heavy atom. The predicted molar refractivity (Wildman–Crippen MR) is 76.8 cm³/mol. The summed E-state index contributed by atoms with van der Waals surface area (Å²) in [5.41, 5.74) is 5.87. The van der Waals surface area contributed by atoms with Crippen LogP contribution in [0.4, 0.5) is 0 Å². The lowest BCUT2D eigenvalue weighted by Crippen LogP contribution is -2.49. The third-order valence-corrected chi connectivity index (χ3v) is 8.73. The standard InChI is InChI=1S/C13H30N2OSi/c1-13(2,3)17(4,5)16-12(10-14)11-15-8-6-7-9-15/h12H,6-11,14H2,1-5H3. The van der Waals surface area contributed by atoms with E-state index in [9.17, 15) is 0 Å². The van der Waals surface area contributed by atoms with Crippen LogP contribution in [-0.4, -0.2) is 45.5 Å². The second-order valence-corrected chi connectivity index (χ2v) is 11.5. The van der Waals surface area contributed by atoms with Crippen LogP contribution in [0.15, 0.2) is 0 Å². The molecule has 1 fully saturated rings. The van der Waals surface area contributed by atoms with Gasteiger partial charge in [0.2, 0.25) is 0 Å². The highest BCUT2D eigenvalue weighted by Gasteiger charge is 2.39. The first kappa shape index (κ1) is 15.2. The van der Waals surface area contributed by atoms with E-state index in [-0.39, 0.29) is 11.1 Å². The Bertz CT molecular complexity index is 232. The molecule has 0 aromatic heterocycles. The SMILES string of the molecule is CC(C)(C)[Si](C)(C)OC(CN)CN1CCCC1. The second kappa shape index (κ2) is 5.82. The minimum absolute atomic E-state index is 0.217. The molecule has 1 atom stereocenters. The molecule has 1 aliphatic rings. The maximum atomic E-state index is 6.39. The molecule has 2 N–H and O–H groups in total. The number of nitrogens with two attached hydrogens (primary N) is 1. The molecular formula is C13H30N2OSi. The van der Waals surface area contributed by atoms with Crippen molar-refractivity contribution in [2.24, 2.45) is 5.73 Å². The third kappa shape index (κ3) is 4.36. The van der Waals surface area contributed by atoms with Gasteiger partial charge in [-0.3, -0.25) is 0 Å². The molecular weight excluding hydrogens is 228 g/mol. The first-order valence-electron chi connectivity index (χ1n) is 6.86. The molecule has 0 bridgehead atoms. The van der Waals surface area contributed by atoms with E-state index < -0.39 is 8.32 Å². The molecule has 1 heterocycles. The van der Waals surface area contributed by atoms with Crippen LogP contribution >= 0.6 is 0 Å². The van der Waals surface area contributed by atoms with Gasteiger partial charge in [-0.25, -0.2) is 0 Å². The topological polar surface area (TPSA) is 38.5 Å². The van der Waals surface area contributed by atoms with Gasteiger partial charge in [0, 0.05) is 13.1 Å². The lowest BCUT2D eigenvalue weighted by molar-refractivity contribution is 0.138. The van der Waals surface area contributed by atoms with E-state index in [0.717, 1.165) is 6.54 Å². The fraction of sp³-hybridized carbons (Fsp3) is 1.00. The van der Waals surface area contributed by atoms with Crippen LogP contribution in [0.1, 0.15) is 33.6 Å². The molecule has 0 saturated carbocycles. The van der Waals surface area contributed by atoms with E-state index in [1.54, 1.807) is 0 Å². The summed E-state index contributed by atoms with van der Waals surface area (Å²) in [6.07, 6.45) is 2.88. The Hall–Kier alpha value is 0.0969. The summed E-state index contributed by atoms with van der Waals surface area (Å²) < 4.78 is 6.39. The van der Waals surface area contributed by atoms with Gasteiger partial charge in [-0.2, -0.15) is 0 Å². The number of rotatable bonds is 5. The number of hydrogen-bond acceptors (Lipinski definition) is 3. The maximum Gasteiger partial charge on any atom is 0.192 e. The van der Waals surface area contributed by atoms with Crippen LogP contribution < -0.4 is 5.73 Å². The van der Waals surface area contributed by atoms with E-state index in [4.69, 9.17) is 10.2 Å². The number of hydrogen-bond donors (Lipinski definition) is 1. The highest BCUT2D eigenvalue weighted by Crippen LogP contribution is 2.37. The minimum atomic E-state index is -1.67. The van der Waals surface area contributed by atoms with Crippen LogP contribution in [0.25, 0.3) is 0 Å². The van der Waals surface area contributed by atoms with Crippen LogP contribution in [0, 0.1) is 0 Å². The number of likely N-dealkylation sites (tertiary alicyclic amines) is 1. The molecule has 102 valence electrons. The van der Waals surface area contributed by atoms with Crippen LogP contribution in [0.3, 0.4) is 0 Å². The van der Waals surface area contributed by atoms with Crippen molar-refractivity contribution in [2.75, 3.05) is 26.2 Å². The average molecular weight is 258 g/mol. The molecule has 4 heteroatoms. The molecule has 0 aromatic carbocycles. The highest BCUT2D eigenvalue weighted by atomic mass is 28.4. The van der Waals surface area contributed by atoms with Crippen molar-refractivity contribution in [3.63, 3.8) is 0 Å². The van der Waals surface area contributed by atoms with Crippen molar-refractivity contribution in [2.45, 2.75) is 57.8 Å². The summed E-state index contributed by atoms with van der Waals surface area (Å²) in [6.45, 7) is 15.5. The van der Waals surface area contributed by atoms with Gasteiger partial charge < -0.3 is 15.1 Å². The van der Waals surface area contributed by atoms with E-state index in [2.05, 4.69) is 38.8 Å². The van der Waals surface area contributed by atoms with Gasteiger partial charge >= 0.3 is 0 Å². The van der Waals surface area contributed by atoms with Gasteiger partial charge in [0.05, 0.1) is 6.10 Å². The summed E-state index contributed by atoms with van der Waals surface area (Å²) in [5.74, 6) is 0. The van der Waals surface area contributed by atoms with Crippen molar-refractivity contribution >= 4 is 8.32 Å². The fourth-order valence-electron chi connectivity index (χ4n) is 2.01. The van der Waals surface area contributed by atoms with Crippen molar-refractivity contribution in [1.29, 1.82) is 0 Å². The molecule has 1 unspecified atom stereocenters. The molecule has 17 heavy (non-hydrogen) atoms. The van der Waals surface area contributed by atoms with Gasteiger partial charge in [-0.05, 0) is 44.1 Å². The normalized spacial score (nSPS) is 20.8. The van der Waals surface area contributed by atoms with Crippen LogP contribution in [0.2, 0.25) is 18.1 Å². The quantitative estimate of drug-likeness (QED) is 0.770. The van der Waals surface area contributed by atoms with Crippen LogP contribution in [0.5, 0.6) is 0 Å². The Morgan fingerprint density at radius 3 is 2.18 bits per heavy atom. The molecule has 1 saturated heterocycles. The zero-order valence-corrected chi connectivity index (χ0v) is 13.3. The Morgan fingerprint density at radius 2 is 1.76 bits per heavy atom. The monoisotopic (exact) mass is 258 g/mol. The first-order chi connectivity index (χ1) is 7.76. The van der Waals surface area contributed by atoms with Gasteiger partial charge in [0.25, 0.3) is 0 Å². The van der Waals surface area contributed by atoms with Crippen molar-refractivity contribution in [3.05, 3.63) is 0 Å². The van der Waals surface area contributed by atoms with E-state index >= 15 is 0 Å². The van der Waals surface area contributed by atoms with Crippen molar-refractivity contribution in [3.8, 4) is 0 Å². The van der Waals surface area contributed by atoms with Crippen molar-refractivity contribution in [1.82, 2.24) is 4.90 Å². The lowest BCUT2D eigenvalue weighted by atomic mass is 10.2. The fourth-order valence-corrected chi connectivity index (χ4v) is 3.36. The van der Waals surface area contributed by atoms with Gasteiger partial charge in [-0.1, -0.05) is 20.8 Å².